The number of hydrogen-bond donors (Lipinski definition) is 0. The molecule has 440 valence electrons. The SMILES string of the molecule is CN(CCCC#N)c1ccc(/C=C/c2cc(-c3ccc(Br)cc3)cc(-c3ccc(Br)cc3)[n+]2-c2ccccc2)cc1.C[N+](CCCC#N)=C1C=CC(=CC=C2C=C(c3ccc(Br)cc3)C=C(c3ccc(Br)cc3)O2)C=C1.F[B-](F)(F)F.F[B-](F)(F)F. The van der Waals surface area contributed by atoms with Crippen LogP contribution in [0, 0.1) is 22.7 Å². The fraction of sp³-hybridized carbons (Fsp3) is 0.121. The number of ether oxygens (including phenoxy) is 1. The molecular formula is C66H55B2Br4F8N5O. The molecule has 0 spiro atoms. The maximum Gasteiger partial charge on any atom is 0.673 e. The van der Waals surface area contributed by atoms with Gasteiger partial charge in [-0.15, -0.1) is 0 Å². The Hall–Kier alpha value is -7.61. The van der Waals surface area contributed by atoms with Gasteiger partial charge in [-0.25, -0.2) is 4.58 Å². The minimum Gasteiger partial charge on any atom is -0.457 e. The number of unbranched alkanes of at least 4 members (excludes halogenated alkanes) is 2. The summed E-state index contributed by atoms with van der Waals surface area (Å²) in [6, 6.07) is 61.4. The fourth-order valence-corrected chi connectivity index (χ4v) is 9.56. The zero-order chi connectivity index (χ0) is 62.2. The number of anilines is 1. The van der Waals surface area contributed by atoms with Gasteiger partial charge in [-0.1, -0.05) is 137 Å². The number of aromatic nitrogens is 1. The molecule has 0 saturated heterocycles. The maximum absolute atomic E-state index is 9.75. The van der Waals surface area contributed by atoms with Crippen LogP contribution in [0.25, 0.3) is 51.6 Å². The number of hydrogen-bond acceptors (Lipinski definition) is 4. The predicted molar refractivity (Wildman–Crippen MR) is 349 cm³/mol. The Balaban J connectivity index is 0.000000240. The minimum absolute atomic E-state index is 0.578. The van der Waals surface area contributed by atoms with Gasteiger partial charge in [0.25, 0.3) is 0 Å². The Morgan fingerprint density at radius 1 is 0.558 bits per heavy atom. The number of pyridine rings is 1. The van der Waals surface area contributed by atoms with E-state index in [2.05, 4.69) is 280 Å². The molecule has 7 aromatic rings. The van der Waals surface area contributed by atoms with Crippen molar-refractivity contribution in [1.29, 1.82) is 10.5 Å². The monoisotopic (exact) mass is 1420 g/mol. The van der Waals surface area contributed by atoms with Crippen LogP contribution in [-0.4, -0.2) is 52.0 Å². The smallest absolute Gasteiger partial charge is 0.457 e. The molecule has 0 unspecified atom stereocenters. The molecule has 6 aromatic carbocycles. The molecule has 0 N–H and O–H groups in total. The maximum atomic E-state index is 9.75. The van der Waals surface area contributed by atoms with E-state index < -0.39 is 14.5 Å². The van der Waals surface area contributed by atoms with Crippen LogP contribution >= 0.6 is 63.7 Å². The molecule has 0 fully saturated rings. The molecule has 0 bridgehead atoms. The van der Waals surface area contributed by atoms with Crippen LogP contribution in [0.4, 0.5) is 40.2 Å². The largest absolute Gasteiger partial charge is 0.673 e. The average molecular weight is 1430 g/mol. The Bertz CT molecular complexity index is 3700. The first-order valence-corrected chi connectivity index (χ1v) is 29.9. The van der Waals surface area contributed by atoms with Crippen molar-refractivity contribution in [3.8, 4) is 40.2 Å². The van der Waals surface area contributed by atoms with E-state index in [0.717, 1.165) is 128 Å². The van der Waals surface area contributed by atoms with E-state index in [1.165, 1.54) is 0 Å². The third-order valence-corrected chi connectivity index (χ3v) is 14.8. The first-order chi connectivity index (χ1) is 41.0. The van der Waals surface area contributed by atoms with E-state index in [-0.39, 0.29) is 0 Å². The quantitative estimate of drug-likeness (QED) is 0.0444. The van der Waals surface area contributed by atoms with Gasteiger partial charge in [0.05, 0.1) is 12.1 Å². The van der Waals surface area contributed by atoms with Crippen LogP contribution in [-0.2, 0) is 4.74 Å². The second kappa shape index (κ2) is 33.3. The minimum atomic E-state index is -6.00. The molecular weight excluding hydrogens is 1370 g/mol. The van der Waals surface area contributed by atoms with Crippen molar-refractivity contribution in [3.63, 3.8) is 0 Å². The van der Waals surface area contributed by atoms with E-state index in [9.17, 15) is 34.5 Å². The fourth-order valence-electron chi connectivity index (χ4n) is 8.50. The third kappa shape index (κ3) is 23.3. The zero-order valence-electron chi connectivity index (χ0n) is 46.4. The molecule has 86 heavy (non-hydrogen) atoms. The van der Waals surface area contributed by atoms with Gasteiger partial charge in [-0.2, -0.15) is 15.1 Å². The number of nitriles is 2. The number of allylic oxidation sites excluding steroid dienone is 10. The van der Waals surface area contributed by atoms with E-state index in [1.807, 2.05) is 48.5 Å². The van der Waals surface area contributed by atoms with Crippen LogP contribution in [0.3, 0.4) is 0 Å². The average Bonchev–Trinajstić information content (AvgIpc) is 1.67. The molecule has 9 rings (SSSR count). The van der Waals surface area contributed by atoms with Gasteiger partial charge in [0, 0.05) is 110 Å². The highest BCUT2D eigenvalue weighted by Crippen LogP contribution is 2.34. The highest BCUT2D eigenvalue weighted by molar-refractivity contribution is 9.11. The third-order valence-electron chi connectivity index (χ3n) is 12.7. The van der Waals surface area contributed by atoms with Crippen LogP contribution in [0.1, 0.15) is 48.1 Å². The van der Waals surface area contributed by atoms with Crippen molar-refractivity contribution in [2.75, 3.05) is 32.1 Å². The molecule has 6 nitrogen and oxygen atoms in total. The summed E-state index contributed by atoms with van der Waals surface area (Å²) >= 11 is 14.2. The second-order valence-electron chi connectivity index (χ2n) is 19.1. The zero-order valence-corrected chi connectivity index (χ0v) is 52.8. The summed E-state index contributed by atoms with van der Waals surface area (Å²) in [5.74, 6) is 1.59. The molecule has 0 amide bonds. The number of halogens is 12. The molecule has 20 heteroatoms. The van der Waals surface area contributed by atoms with E-state index in [1.54, 1.807) is 0 Å². The lowest BCUT2D eigenvalue weighted by Crippen LogP contribution is -2.37. The predicted octanol–water partition coefficient (Wildman–Crippen LogP) is 20.3. The molecule has 0 atom stereocenters. The second-order valence-corrected chi connectivity index (χ2v) is 22.7. The number of benzene rings is 6. The summed E-state index contributed by atoms with van der Waals surface area (Å²) in [5.41, 5.74) is 14.5. The van der Waals surface area contributed by atoms with Crippen molar-refractivity contribution in [1.82, 2.24) is 0 Å². The van der Waals surface area contributed by atoms with Gasteiger partial charge in [0.2, 0.25) is 17.1 Å². The highest BCUT2D eigenvalue weighted by atomic mass is 79.9. The lowest BCUT2D eigenvalue weighted by atomic mass is 10.0. The van der Waals surface area contributed by atoms with Crippen molar-refractivity contribution in [3.05, 3.63) is 264 Å². The van der Waals surface area contributed by atoms with Crippen molar-refractivity contribution in [2.24, 2.45) is 0 Å². The van der Waals surface area contributed by atoms with Crippen molar-refractivity contribution >= 4 is 113 Å². The number of para-hydroxylation sites is 1. The van der Waals surface area contributed by atoms with E-state index >= 15 is 0 Å². The van der Waals surface area contributed by atoms with Gasteiger partial charge in [0.15, 0.2) is 5.71 Å². The normalized spacial score (nSPS) is 13.1. The summed E-state index contributed by atoms with van der Waals surface area (Å²) in [6.45, 7) is 1.73. The Kier molecular flexibility index (Phi) is 26.2. The first kappa shape index (κ1) is 67.5. The number of nitrogens with zero attached hydrogens (tertiary/aromatic N) is 5. The van der Waals surface area contributed by atoms with Crippen LogP contribution in [0.5, 0.6) is 0 Å². The Labute approximate surface area is 530 Å². The summed E-state index contributed by atoms with van der Waals surface area (Å²) in [5, 5.41) is 17.6. The van der Waals surface area contributed by atoms with Gasteiger partial charge in [-0.3, -0.25) is 0 Å². The topological polar surface area (TPSA) is 66.9 Å². The van der Waals surface area contributed by atoms with Crippen LogP contribution < -0.4 is 9.47 Å². The summed E-state index contributed by atoms with van der Waals surface area (Å²) in [6.07, 6.45) is 23.9. The number of rotatable bonds is 15. The lowest BCUT2D eigenvalue weighted by molar-refractivity contribution is -0.585. The Morgan fingerprint density at radius 2 is 1.06 bits per heavy atom. The van der Waals surface area contributed by atoms with Crippen LogP contribution in [0.15, 0.2) is 242 Å². The summed E-state index contributed by atoms with van der Waals surface area (Å²) in [7, 11) is -7.87. The van der Waals surface area contributed by atoms with Crippen LogP contribution in [0.2, 0.25) is 0 Å². The van der Waals surface area contributed by atoms with Crippen molar-refractivity contribution in [2.45, 2.75) is 25.7 Å². The molecule has 1 aliphatic heterocycles. The molecule has 0 saturated carbocycles. The summed E-state index contributed by atoms with van der Waals surface area (Å²) in [4.78, 5) is 2.19. The first-order valence-electron chi connectivity index (χ1n) is 26.7. The highest BCUT2D eigenvalue weighted by Gasteiger charge is 2.24. The summed E-state index contributed by atoms with van der Waals surface area (Å²) < 4.78 is 93.0. The van der Waals surface area contributed by atoms with E-state index in [0.29, 0.717) is 12.8 Å². The van der Waals surface area contributed by atoms with Gasteiger partial charge in [-0.05, 0) is 149 Å². The molecule has 1 aromatic heterocycles. The van der Waals surface area contributed by atoms with Gasteiger partial charge in [0.1, 0.15) is 25.1 Å². The molecule has 2 heterocycles. The lowest BCUT2D eigenvalue weighted by Gasteiger charge is -2.18. The standard InChI is InChI=1S/C36H30Br2N3.C30H25Br2N2O.2BF4/c1-40(24-6-5-23-39)33-20-9-27(10-21-33)11-22-35-25-30(28-12-16-31(37)17-13-28)26-36(29-14-18-32(38)19-15-29)41(35)34-7-3-2-4-8-34;1-34(19-3-2-18-33)28-15-4-22(5-16-28)6-17-29-20-25(23-7-11-26(31)12-8-23)21-30(35-29)24-9-13-27(32)14-10-24;2*2-1(3,4)5/h2-4,7-22,25-26H,5-6,24H2,1H3;4-17,20-21H,2-3,19H2,1H3;;/q2*+1;2*-1. The Morgan fingerprint density at radius 3 is 1.59 bits per heavy atom. The van der Waals surface area contributed by atoms with Gasteiger partial charge < -0.3 is 44.2 Å². The molecule has 2 aliphatic rings. The van der Waals surface area contributed by atoms with Gasteiger partial charge >= 0.3 is 14.5 Å². The van der Waals surface area contributed by atoms with E-state index in [4.69, 9.17) is 15.3 Å². The molecule has 0 radical (unpaired) electrons. The molecule has 1 aliphatic carbocycles. The van der Waals surface area contributed by atoms with Crippen molar-refractivity contribution < 1.29 is 48.4 Å².